The smallest absolute Gasteiger partial charge is 0.229 e. The molecule has 2 aromatic rings. The van der Waals surface area contributed by atoms with Gasteiger partial charge < -0.3 is 9.80 Å². The number of rotatable bonds is 6. The number of benzene rings is 2. The van der Waals surface area contributed by atoms with Gasteiger partial charge >= 0.3 is 0 Å². The summed E-state index contributed by atoms with van der Waals surface area (Å²) in [5.74, 6) is -0.471. The molecule has 4 heteroatoms. The van der Waals surface area contributed by atoms with E-state index in [9.17, 15) is 9.18 Å². The molecule has 0 N–H and O–H groups in total. The highest BCUT2D eigenvalue weighted by Crippen LogP contribution is 2.28. The van der Waals surface area contributed by atoms with Gasteiger partial charge in [0, 0.05) is 31.6 Å². The third kappa shape index (κ3) is 4.95. The van der Waals surface area contributed by atoms with Crippen LogP contribution in [0.25, 0.3) is 0 Å². The zero-order valence-corrected chi connectivity index (χ0v) is 16.3. The lowest BCUT2D eigenvalue weighted by molar-refractivity contribution is -0.122. The highest BCUT2D eigenvalue weighted by Gasteiger charge is 2.31. The van der Waals surface area contributed by atoms with Crippen LogP contribution in [0, 0.1) is 11.7 Å². The van der Waals surface area contributed by atoms with Gasteiger partial charge in [-0.25, -0.2) is 4.39 Å². The summed E-state index contributed by atoms with van der Waals surface area (Å²) in [6.07, 6.45) is 2.79. The van der Waals surface area contributed by atoms with E-state index in [4.69, 9.17) is 0 Å². The minimum absolute atomic E-state index is 0.00263. The van der Waals surface area contributed by atoms with Crippen molar-refractivity contribution < 1.29 is 9.18 Å². The third-order valence-electron chi connectivity index (χ3n) is 5.33. The molecule has 1 amide bonds. The van der Waals surface area contributed by atoms with E-state index in [0.717, 1.165) is 38.9 Å². The lowest BCUT2D eigenvalue weighted by Crippen LogP contribution is -2.49. The lowest BCUT2D eigenvalue weighted by Gasteiger charge is -2.39. The molecule has 3 rings (SSSR count). The van der Waals surface area contributed by atoms with E-state index in [2.05, 4.69) is 29.2 Å². The number of piperidine rings is 1. The third-order valence-corrected chi connectivity index (χ3v) is 5.33. The van der Waals surface area contributed by atoms with Crippen molar-refractivity contribution in [2.75, 3.05) is 24.5 Å². The fourth-order valence-corrected chi connectivity index (χ4v) is 3.75. The van der Waals surface area contributed by atoms with Crippen LogP contribution in [-0.2, 0) is 11.2 Å². The first-order valence-electron chi connectivity index (χ1n) is 9.90. The SMILES string of the molecule is CC(C)C(=O)N(c1ccccc1F)C1CCN(CCc2ccccc2)CC1. The predicted octanol–water partition coefficient (Wildman–Crippen LogP) is 4.52. The molecule has 0 bridgehead atoms. The van der Waals surface area contributed by atoms with Crippen molar-refractivity contribution in [1.82, 2.24) is 4.90 Å². The number of nitrogens with zero attached hydrogens (tertiary/aromatic N) is 2. The van der Waals surface area contributed by atoms with E-state index in [0.29, 0.717) is 5.69 Å². The molecule has 0 atom stereocenters. The molecule has 0 radical (unpaired) electrons. The number of carbonyl (C=O) groups excluding carboxylic acids is 1. The van der Waals surface area contributed by atoms with Crippen LogP contribution in [0.5, 0.6) is 0 Å². The van der Waals surface area contributed by atoms with E-state index in [1.54, 1.807) is 23.1 Å². The zero-order chi connectivity index (χ0) is 19.2. The Kier molecular flexibility index (Phi) is 6.62. The second-order valence-electron chi connectivity index (χ2n) is 7.62. The van der Waals surface area contributed by atoms with Crippen LogP contribution in [0.1, 0.15) is 32.3 Å². The maximum absolute atomic E-state index is 14.4. The van der Waals surface area contributed by atoms with Gasteiger partial charge in [-0.1, -0.05) is 56.3 Å². The Morgan fingerprint density at radius 3 is 2.33 bits per heavy atom. The van der Waals surface area contributed by atoms with E-state index < -0.39 is 0 Å². The van der Waals surface area contributed by atoms with E-state index in [-0.39, 0.29) is 23.7 Å². The number of para-hydroxylation sites is 1. The molecule has 0 aromatic heterocycles. The van der Waals surface area contributed by atoms with Crippen molar-refractivity contribution in [3.8, 4) is 0 Å². The number of hydrogen-bond donors (Lipinski definition) is 0. The molecule has 1 heterocycles. The average Bonchev–Trinajstić information content (AvgIpc) is 2.69. The monoisotopic (exact) mass is 368 g/mol. The van der Waals surface area contributed by atoms with Gasteiger partial charge in [-0.15, -0.1) is 0 Å². The van der Waals surface area contributed by atoms with Gasteiger partial charge in [0.05, 0.1) is 5.69 Å². The summed E-state index contributed by atoms with van der Waals surface area (Å²) in [6, 6.07) is 17.2. The van der Waals surface area contributed by atoms with Crippen LogP contribution < -0.4 is 4.90 Å². The molecule has 0 saturated carbocycles. The summed E-state index contributed by atoms with van der Waals surface area (Å²) < 4.78 is 14.4. The molecule has 1 fully saturated rings. The average molecular weight is 368 g/mol. The fraction of sp³-hybridized carbons (Fsp3) is 0.435. The molecule has 27 heavy (non-hydrogen) atoms. The maximum Gasteiger partial charge on any atom is 0.229 e. The van der Waals surface area contributed by atoms with Crippen LogP contribution in [0.15, 0.2) is 54.6 Å². The summed E-state index contributed by atoms with van der Waals surface area (Å²) in [5.41, 5.74) is 1.77. The Balaban J connectivity index is 1.64. The number of amides is 1. The van der Waals surface area contributed by atoms with Crippen molar-refractivity contribution in [3.05, 3.63) is 66.0 Å². The van der Waals surface area contributed by atoms with E-state index in [1.807, 2.05) is 19.9 Å². The quantitative estimate of drug-likeness (QED) is 0.748. The summed E-state index contributed by atoms with van der Waals surface area (Å²) in [7, 11) is 0. The summed E-state index contributed by atoms with van der Waals surface area (Å²) >= 11 is 0. The van der Waals surface area contributed by atoms with Crippen molar-refractivity contribution >= 4 is 11.6 Å². The van der Waals surface area contributed by atoms with Crippen LogP contribution >= 0.6 is 0 Å². The van der Waals surface area contributed by atoms with Crippen molar-refractivity contribution in [2.45, 2.75) is 39.2 Å². The molecular weight excluding hydrogens is 339 g/mol. The molecule has 0 aliphatic carbocycles. The highest BCUT2D eigenvalue weighted by atomic mass is 19.1. The zero-order valence-electron chi connectivity index (χ0n) is 16.3. The van der Waals surface area contributed by atoms with Gasteiger partial charge in [-0.3, -0.25) is 4.79 Å². The molecule has 144 valence electrons. The molecule has 0 unspecified atom stereocenters. The predicted molar refractivity (Wildman–Crippen MR) is 108 cm³/mol. The number of hydrogen-bond acceptors (Lipinski definition) is 2. The molecule has 0 spiro atoms. The first-order chi connectivity index (χ1) is 13.1. The van der Waals surface area contributed by atoms with Crippen LogP contribution in [0.2, 0.25) is 0 Å². The van der Waals surface area contributed by atoms with Crippen LogP contribution in [-0.4, -0.2) is 36.5 Å². The van der Waals surface area contributed by atoms with Gasteiger partial charge in [0.25, 0.3) is 0 Å². The topological polar surface area (TPSA) is 23.6 Å². The normalized spacial score (nSPS) is 15.9. The van der Waals surface area contributed by atoms with Crippen LogP contribution in [0.3, 0.4) is 0 Å². The number of halogens is 1. The number of anilines is 1. The van der Waals surface area contributed by atoms with E-state index in [1.165, 1.54) is 11.6 Å². The summed E-state index contributed by atoms with van der Waals surface area (Å²) in [4.78, 5) is 17.0. The van der Waals surface area contributed by atoms with Crippen LogP contribution in [0.4, 0.5) is 10.1 Å². The second-order valence-corrected chi connectivity index (χ2v) is 7.62. The summed E-state index contributed by atoms with van der Waals surface area (Å²) in [6.45, 7) is 6.66. The standard InChI is InChI=1S/C23H29FN2O/c1-18(2)23(27)26(22-11-7-6-10-21(22)24)20-13-16-25(17-14-20)15-12-19-8-4-3-5-9-19/h3-11,18,20H,12-17H2,1-2H3. The Bertz CT molecular complexity index is 739. The molecule has 1 saturated heterocycles. The minimum atomic E-state index is -0.321. The first kappa shape index (κ1) is 19.6. The fourth-order valence-electron chi connectivity index (χ4n) is 3.75. The largest absolute Gasteiger partial charge is 0.306 e. The molecule has 3 nitrogen and oxygen atoms in total. The number of carbonyl (C=O) groups is 1. The molecule has 1 aliphatic rings. The highest BCUT2D eigenvalue weighted by molar-refractivity contribution is 5.95. The van der Waals surface area contributed by atoms with Gasteiger partial charge in [0.15, 0.2) is 0 Å². The van der Waals surface area contributed by atoms with Gasteiger partial charge in [-0.05, 0) is 37.0 Å². The lowest BCUT2D eigenvalue weighted by atomic mass is 9.99. The minimum Gasteiger partial charge on any atom is -0.306 e. The molecule has 2 aromatic carbocycles. The van der Waals surface area contributed by atoms with Crippen molar-refractivity contribution in [2.24, 2.45) is 5.92 Å². The number of likely N-dealkylation sites (tertiary alicyclic amines) is 1. The van der Waals surface area contributed by atoms with Gasteiger partial charge in [-0.2, -0.15) is 0 Å². The second kappa shape index (κ2) is 9.14. The Labute approximate surface area is 161 Å². The Morgan fingerprint density at radius 1 is 1.07 bits per heavy atom. The van der Waals surface area contributed by atoms with E-state index >= 15 is 0 Å². The Morgan fingerprint density at radius 2 is 1.70 bits per heavy atom. The molecule has 1 aliphatic heterocycles. The van der Waals surface area contributed by atoms with Crippen molar-refractivity contribution in [1.29, 1.82) is 0 Å². The first-order valence-corrected chi connectivity index (χ1v) is 9.90. The van der Waals surface area contributed by atoms with Gasteiger partial charge in [0.1, 0.15) is 5.82 Å². The Hall–Kier alpha value is -2.20. The summed E-state index contributed by atoms with van der Waals surface area (Å²) in [5, 5.41) is 0. The molecular formula is C23H29FN2O. The van der Waals surface area contributed by atoms with Gasteiger partial charge in [0.2, 0.25) is 5.91 Å². The maximum atomic E-state index is 14.4. The van der Waals surface area contributed by atoms with Crippen molar-refractivity contribution in [3.63, 3.8) is 0 Å².